The topological polar surface area (TPSA) is 109 Å². The van der Waals surface area contributed by atoms with Crippen molar-refractivity contribution in [3.05, 3.63) is 33.8 Å². The number of hydrogen-bond acceptors (Lipinski definition) is 8. The number of thiazole rings is 1. The molecule has 11 heteroatoms. The third-order valence-electron chi connectivity index (χ3n) is 4.95. The molecule has 0 radical (unpaired) electrons. The number of nitrogens with one attached hydrogen (secondary N) is 1. The lowest BCUT2D eigenvalue weighted by Crippen LogP contribution is -2.48. The molecule has 0 aliphatic carbocycles. The second-order valence-electron chi connectivity index (χ2n) is 8.70. The molecule has 3 rings (SSSR count). The number of imide groups is 1. The van der Waals surface area contributed by atoms with Crippen molar-refractivity contribution in [1.82, 2.24) is 4.98 Å². The molecule has 1 aromatic heterocycles. The Labute approximate surface area is 196 Å². The maximum atomic E-state index is 13.4. The highest BCUT2D eigenvalue weighted by atomic mass is 35.5. The van der Waals surface area contributed by atoms with Gasteiger partial charge in [0.15, 0.2) is 0 Å². The fraction of sp³-hybridized carbons (Fsp3) is 0.429. The van der Waals surface area contributed by atoms with Crippen LogP contribution in [-0.4, -0.2) is 30.3 Å². The van der Waals surface area contributed by atoms with Crippen LogP contribution in [0.25, 0.3) is 0 Å². The predicted molar refractivity (Wildman–Crippen MR) is 127 cm³/mol. The van der Waals surface area contributed by atoms with Crippen molar-refractivity contribution < 1.29 is 18.0 Å². The van der Waals surface area contributed by atoms with Crippen molar-refractivity contribution in [2.45, 2.75) is 64.2 Å². The van der Waals surface area contributed by atoms with Crippen LogP contribution >= 0.6 is 22.9 Å². The average molecular weight is 497 g/mol. The number of aromatic nitrogens is 1. The molecule has 2 heterocycles. The van der Waals surface area contributed by atoms with E-state index in [1.54, 1.807) is 6.92 Å². The number of benzene rings is 1. The van der Waals surface area contributed by atoms with Gasteiger partial charge in [-0.3, -0.25) is 15.0 Å². The first-order valence-corrected chi connectivity index (χ1v) is 12.8. The van der Waals surface area contributed by atoms with Gasteiger partial charge in [0.25, 0.3) is 5.91 Å². The van der Waals surface area contributed by atoms with Crippen LogP contribution in [0.3, 0.4) is 0 Å². The smallest absolute Gasteiger partial charge is 0.274 e. The number of hydrogen-bond donors (Lipinski definition) is 1. The van der Waals surface area contributed by atoms with Gasteiger partial charge in [0.05, 0.1) is 16.3 Å². The van der Waals surface area contributed by atoms with Gasteiger partial charge in [-0.25, -0.2) is 18.3 Å². The number of carbonyl (C=O) groups excluding carboxylic acids is 2. The molecule has 8 nitrogen and oxygen atoms in total. The molecular weight excluding hydrogens is 472 g/mol. The molecule has 172 valence electrons. The molecule has 1 aromatic carbocycles. The zero-order chi connectivity index (χ0) is 24.0. The van der Waals surface area contributed by atoms with Crippen molar-refractivity contribution in [3.8, 4) is 0 Å². The lowest BCUT2D eigenvalue weighted by Gasteiger charge is -2.29. The van der Waals surface area contributed by atoms with Crippen molar-refractivity contribution in [1.29, 1.82) is 0 Å². The van der Waals surface area contributed by atoms with Crippen molar-refractivity contribution >= 4 is 60.5 Å². The van der Waals surface area contributed by atoms with Crippen LogP contribution in [0.15, 0.2) is 27.5 Å². The van der Waals surface area contributed by atoms with E-state index >= 15 is 0 Å². The average Bonchev–Trinajstić information content (AvgIpc) is 3.16. The number of anilines is 2. The van der Waals surface area contributed by atoms with E-state index < -0.39 is 26.7 Å². The monoisotopic (exact) mass is 496 g/mol. The van der Waals surface area contributed by atoms with E-state index in [2.05, 4.69) is 15.5 Å². The molecule has 0 atom stereocenters. The molecular formula is C21H25ClN4O4S2. The molecule has 1 N–H and O–H groups in total. The van der Waals surface area contributed by atoms with Crippen LogP contribution < -0.4 is 10.3 Å². The maximum Gasteiger partial charge on any atom is 0.297 e. The minimum Gasteiger partial charge on any atom is -0.274 e. The molecule has 0 bridgehead atoms. The molecule has 0 saturated carbocycles. The van der Waals surface area contributed by atoms with Crippen LogP contribution in [-0.2, 0) is 24.8 Å². The van der Waals surface area contributed by atoms with Gasteiger partial charge in [-0.2, -0.15) is 5.10 Å². The third kappa shape index (κ3) is 4.31. The fourth-order valence-corrected chi connectivity index (χ4v) is 5.75. The van der Waals surface area contributed by atoms with Crippen LogP contribution in [0.5, 0.6) is 0 Å². The molecule has 1 aliphatic rings. The van der Waals surface area contributed by atoms with E-state index in [1.807, 2.05) is 40.0 Å². The van der Waals surface area contributed by atoms with Gasteiger partial charge in [0, 0.05) is 22.2 Å². The summed E-state index contributed by atoms with van der Waals surface area (Å²) < 4.78 is 26.7. The van der Waals surface area contributed by atoms with Crippen LogP contribution in [0, 0.1) is 0 Å². The summed E-state index contributed by atoms with van der Waals surface area (Å²) in [6, 6.07) is 2.77. The Balaban J connectivity index is 2.15. The van der Waals surface area contributed by atoms with Gasteiger partial charge in [-0.15, -0.1) is 11.3 Å². The zero-order valence-electron chi connectivity index (χ0n) is 18.7. The Bertz CT molecular complexity index is 1230. The van der Waals surface area contributed by atoms with Crippen LogP contribution in [0.2, 0.25) is 5.02 Å². The number of carbonyl (C=O) groups is 2. The summed E-state index contributed by atoms with van der Waals surface area (Å²) in [7, 11) is -4.31. The number of fused-ring (bicyclic) bond motifs is 1. The van der Waals surface area contributed by atoms with Gasteiger partial charge in [-0.05, 0) is 23.6 Å². The molecule has 2 aromatic rings. The molecule has 0 spiro atoms. The zero-order valence-corrected chi connectivity index (χ0v) is 21.1. The number of rotatable bonds is 4. The first-order valence-electron chi connectivity index (χ1n) is 10.0. The maximum absolute atomic E-state index is 13.4. The summed E-state index contributed by atoms with van der Waals surface area (Å²) in [5, 5.41) is 5.58. The van der Waals surface area contributed by atoms with E-state index in [0.717, 1.165) is 10.6 Å². The van der Waals surface area contributed by atoms with E-state index in [9.17, 15) is 18.0 Å². The Morgan fingerprint density at radius 2 is 1.97 bits per heavy atom. The normalized spacial score (nSPS) is 17.1. The van der Waals surface area contributed by atoms with Crippen molar-refractivity contribution in [3.63, 3.8) is 0 Å². The summed E-state index contributed by atoms with van der Waals surface area (Å²) in [6.07, 6.45) is -0.00307. The Kier molecular flexibility index (Phi) is 6.52. The predicted octanol–water partition coefficient (Wildman–Crippen LogP) is 4.70. The lowest BCUT2D eigenvalue weighted by atomic mass is 9.93. The minimum absolute atomic E-state index is 0.00307. The highest BCUT2D eigenvalue weighted by Gasteiger charge is 2.44. The Morgan fingerprint density at radius 3 is 2.50 bits per heavy atom. The highest BCUT2D eigenvalue weighted by molar-refractivity contribution is 8.08. The van der Waals surface area contributed by atoms with E-state index in [1.165, 1.54) is 23.5 Å². The van der Waals surface area contributed by atoms with Crippen molar-refractivity contribution in [2.75, 3.05) is 10.3 Å². The fourth-order valence-electron chi connectivity index (χ4n) is 3.10. The van der Waals surface area contributed by atoms with Gasteiger partial charge >= 0.3 is 0 Å². The van der Waals surface area contributed by atoms with Crippen LogP contribution in [0.1, 0.15) is 65.1 Å². The number of halogens is 1. The van der Waals surface area contributed by atoms with Gasteiger partial charge < -0.3 is 0 Å². The molecule has 0 unspecified atom stereocenters. The summed E-state index contributed by atoms with van der Waals surface area (Å²) in [5.41, 5.74) is 3.71. The summed E-state index contributed by atoms with van der Waals surface area (Å²) in [6.45, 7) is 11.3. The first-order chi connectivity index (χ1) is 14.8. The Morgan fingerprint density at radius 1 is 1.31 bits per heavy atom. The second-order valence-corrected chi connectivity index (χ2v) is 11.8. The van der Waals surface area contributed by atoms with Gasteiger partial charge in [-0.1, -0.05) is 53.1 Å². The quantitative estimate of drug-likeness (QED) is 0.614. The van der Waals surface area contributed by atoms with Gasteiger partial charge in [0.1, 0.15) is 0 Å². The molecule has 32 heavy (non-hydrogen) atoms. The number of nitrogens with zero attached hydrogens (tertiary/aromatic N) is 3. The molecule has 2 amide bonds. The SMILES string of the molecule is CCC(=O)N1C(=O)C(=NNc2nc(C(C)(C)C)cs2)S(=O)(=O)c2cc(C(C)C)c(Cl)cc21. The highest BCUT2D eigenvalue weighted by Crippen LogP contribution is 2.39. The third-order valence-corrected chi connectivity index (χ3v) is 7.70. The van der Waals surface area contributed by atoms with E-state index in [4.69, 9.17) is 11.6 Å². The largest absolute Gasteiger partial charge is 0.297 e. The van der Waals surface area contributed by atoms with Crippen LogP contribution in [0.4, 0.5) is 10.8 Å². The summed E-state index contributed by atoms with van der Waals surface area (Å²) in [5.74, 6) is -1.66. The standard InChI is InChI=1S/C21H25ClN4O4S2/c1-7-17(27)26-14-9-13(22)12(11(2)3)8-15(14)32(29,30)18(19(26)28)24-25-20-23-16(10-31-20)21(4,5)6/h8-11H,7H2,1-6H3,(H,23,25). The number of sulfone groups is 1. The molecule has 0 fully saturated rings. The first kappa shape index (κ1) is 24.3. The summed E-state index contributed by atoms with van der Waals surface area (Å²) in [4.78, 5) is 30.8. The second kappa shape index (κ2) is 8.57. The van der Waals surface area contributed by atoms with Crippen molar-refractivity contribution in [2.24, 2.45) is 5.10 Å². The molecule has 0 saturated heterocycles. The van der Waals surface area contributed by atoms with E-state index in [-0.39, 0.29) is 33.4 Å². The number of hydrazone groups is 1. The number of amides is 2. The minimum atomic E-state index is -4.31. The summed E-state index contributed by atoms with van der Waals surface area (Å²) >= 11 is 7.57. The lowest BCUT2D eigenvalue weighted by molar-refractivity contribution is -0.123. The Hall–Kier alpha value is -2.30. The van der Waals surface area contributed by atoms with Gasteiger partial charge in [0.2, 0.25) is 25.9 Å². The molecule has 1 aliphatic heterocycles. The van der Waals surface area contributed by atoms with E-state index in [0.29, 0.717) is 10.7 Å².